The summed E-state index contributed by atoms with van der Waals surface area (Å²) in [4.78, 5) is 22.8. The van der Waals surface area contributed by atoms with E-state index in [-0.39, 0.29) is 5.82 Å². The van der Waals surface area contributed by atoms with E-state index in [1.54, 1.807) is 0 Å². The number of benzene rings is 1. The van der Waals surface area contributed by atoms with Crippen LogP contribution < -0.4 is 11.3 Å². The molecule has 0 radical (unpaired) electrons. The van der Waals surface area contributed by atoms with E-state index in [2.05, 4.69) is 0 Å². The first-order valence-electron chi connectivity index (χ1n) is 5.01. The van der Waals surface area contributed by atoms with Crippen molar-refractivity contribution in [2.45, 2.75) is 0 Å². The van der Waals surface area contributed by atoms with Crippen LogP contribution in [0.1, 0.15) is 10.4 Å². The zero-order valence-electron chi connectivity index (χ0n) is 9.13. The summed E-state index contributed by atoms with van der Waals surface area (Å²) in [7, 11) is 0. The lowest BCUT2D eigenvalue weighted by molar-refractivity contribution is 0.0694. The van der Waals surface area contributed by atoms with Crippen LogP contribution in [0.25, 0.3) is 5.69 Å². The Morgan fingerprint density at radius 1 is 1.17 bits per heavy atom. The summed E-state index contributed by atoms with van der Waals surface area (Å²) in [5.41, 5.74) is 4.79. The first-order chi connectivity index (χ1) is 8.50. The third-order valence-corrected chi connectivity index (χ3v) is 2.43. The number of carboxylic acids is 1. The second kappa shape index (κ2) is 4.33. The number of carbonyl (C=O) groups is 1. The minimum absolute atomic E-state index is 0.0802. The Kier molecular flexibility index (Phi) is 2.85. The van der Waals surface area contributed by atoms with E-state index >= 15 is 0 Å². The monoisotopic (exact) mass is 248 g/mol. The van der Waals surface area contributed by atoms with Crippen molar-refractivity contribution in [1.29, 1.82) is 0 Å². The highest BCUT2D eigenvalue weighted by molar-refractivity contribution is 5.87. The van der Waals surface area contributed by atoms with Crippen molar-refractivity contribution in [3.63, 3.8) is 0 Å². The number of nitrogens with zero attached hydrogens (tertiary/aromatic N) is 1. The lowest BCUT2D eigenvalue weighted by Gasteiger charge is -2.10. The first kappa shape index (κ1) is 11.8. The Balaban J connectivity index is 2.71. The fourth-order valence-corrected chi connectivity index (χ4v) is 1.57. The molecule has 0 saturated carbocycles. The minimum Gasteiger partial charge on any atom is -0.477 e. The summed E-state index contributed by atoms with van der Waals surface area (Å²) in [5.74, 6) is -1.72. The SMILES string of the molecule is Nc1ccc(C(=O)O)c(=O)n1-c1ccc(F)cc1. The summed E-state index contributed by atoms with van der Waals surface area (Å²) in [6, 6.07) is 7.47. The number of nitrogen functional groups attached to an aromatic ring is 1. The summed E-state index contributed by atoms with van der Waals surface area (Å²) >= 11 is 0. The van der Waals surface area contributed by atoms with Crippen molar-refractivity contribution in [1.82, 2.24) is 4.57 Å². The van der Waals surface area contributed by atoms with Gasteiger partial charge in [0.25, 0.3) is 5.56 Å². The van der Waals surface area contributed by atoms with Gasteiger partial charge in [0.15, 0.2) is 0 Å². The molecule has 18 heavy (non-hydrogen) atoms. The molecular weight excluding hydrogens is 239 g/mol. The zero-order chi connectivity index (χ0) is 13.3. The number of hydrogen-bond acceptors (Lipinski definition) is 3. The summed E-state index contributed by atoms with van der Waals surface area (Å²) < 4.78 is 13.8. The van der Waals surface area contributed by atoms with Gasteiger partial charge in [0.2, 0.25) is 0 Å². The van der Waals surface area contributed by atoms with Crippen LogP contribution >= 0.6 is 0 Å². The van der Waals surface area contributed by atoms with Crippen molar-refractivity contribution in [2.75, 3.05) is 5.73 Å². The Morgan fingerprint density at radius 2 is 1.78 bits per heavy atom. The molecule has 1 aromatic heterocycles. The Morgan fingerprint density at radius 3 is 2.33 bits per heavy atom. The van der Waals surface area contributed by atoms with Crippen LogP contribution in [-0.4, -0.2) is 15.6 Å². The molecule has 0 aliphatic heterocycles. The molecule has 92 valence electrons. The molecule has 1 heterocycles. The molecule has 1 aromatic carbocycles. The number of nitrogens with two attached hydrogens (primary N) is 1. The van der Waals surface area contributed by atoms with Gasteiger partial charge in [-0.2, -0.15) is 0 Å². The Hall–Kier alpha value is -2.63. The summed E-state index contributed by atoms with van der Waals surface area (Å²) in [6.45, 7) is 0. The molecule has 0 spiro atoms. The number of carboxylic acid groups (broad SMARTS) is 1. The van der Waals surface area contributed by atoms with Crippen LogP contribution in [0.5, 0.6) is 0 Å². The Bertz CT molecular complexity index is 662. The molecule has 3 N–H and O–H groups in total. The van der Waals surface area contributed by atoms with Crippen molar-refractivity contribution in [3.05, 3.63) is 58.1 Å². The smallest absolute Gasteiger partial charge is 0.341 e. The van der Waals surface area contributed by atoms with Gasteiger partial charge < -0.3 is 10.8 Å². The van der Waals surface area contributed by atoms with Gasteiger partial charge in [0, 0.05) is 0 Å². The van der Waals surface area contributed by atoms with E-state index in [0.717, 1.165) is 22.8 Å². The van der Waals surface area contributed by atoms with E-state index in [0.29, 0.717) is 5.69 Å². The first-order valence-corrected chi connectivity index (χ1v) is 5.01. The molecule has 2 rings (SSSR count). The normalized spacial score (nSPS) is 10.3. The van der Waals surface area contributed by atoms with Crippen molar-refractivity contribution < 1.29 is 14.3 Å². The number of aromatic carboxylic acids is 1. The van der Waals surface area contributed by atoms with Crippen LogP contribution in [0.2, 0.25) is 0 Å². The van der Waals surface area contributed by atoms with Crippen LogP contribution in [0.3, 0.4) is 0 Å². The topological polar surface area (TPSA) is 85.3 Å². The quantitative estimate of drug-likeness (QED) is 0.837. The van der Waals surface area contributed by atoms with E-state index in [1.807, 2.05) is 0 Å². The molecule has 0 unspecified atom stereocenters. The highest BCUT2D eigenvalue weighted by Gasteiger charge is 2.13. The standard InChI is InChI=1S/C12H9FN2O3/c13-7-1-3-8(4-2-7)15-10(14)6-5-9(11(15)16)12(17)18/h1-6H,14H2,(H,17,18). The van der Waals surface area contributed by atoms with Gasteiger partial charge in [-0.25, -0.2) is 9.18 Å². The van der Waals surface area contributed by atoms with E-state index in [1.165, 1.54) is 18.2 Å². The predicted molar refractivity (Wildman–Crippen MR) is 63.4 cm³/mol. The number of halogens is 1. The third kappa shape index (κ3) is 1.95. The van der Waals surface area contributed by atoms with Crippen LogP contribution in [0, 0.1) is 5.82 Å². The average Bonchev–Trinajstić information content (AvgIpc) is 2.31. The van der Waals surface area contributed by atoms with E-state index in [9.17, 15) is 14.0 Å². The van der Waals surface area contributed by atoms with Gasteiger partial charge in [-0.15, -0.1) is 0 Å². The number of pyridine rings is 1. The molecule has 0 aliphatic rings. The van der Waals surface area contributed by atoms with Gasteiger partial charge in [-0.05, 0) is 36.4 Å². The van der Waals surface area contributed by atoms with Gasteiger partial charge in [0.1, 0.15) is 17.2 Å². The predicted octanol–water partition coefficient (Wildman–Crippen LogP) is 1.26. The zero-order valence-corrected chi connectivity index (χ0v) is 9.13. The molecule has 0 fully saturated rings. The molecule has 0 saturated heterocycles. The van der Waals surface area contributed by atoms with Crippen LogP contribution in [0.4, 0.5) is 10.2 Å². The summed E-state index contributed by atoms with van der Waals surface area (Å²) in [6.07, 6.45) is 0. The number of anilines is 1. The molecule has 5 nitrogen and oxygen atoms in total. The second-order valence-electron chi connectivity index (χ2n) is 3.59. The van der Waals surface area contributed by atoms with Crippen LogP contribution in [-0.2, 0) is 0 Å². The van der Waals surface area contributed by atoms with Gasteiger partial charge in [0.05, 0.1) is 5.69 Å². The molecule has 0 bridgehead atoms. The van der Waals surface area contributed by atoms with Crippen molar-refractivity contribution >= 4 is 11.8 Å². The van der Waals surface area contributed by atoms with Gasteiger partial charge in [-0.3, -0.25) is 9.36 Å². The van der Waals surface area contributed by atoms with Crippen LogP contribution in [0.15, 0.2) is 41.2 Å². The van der Waals surface area contributed by atoms with E-state index < -0.39 is 22.9 Å². The fourth-order valence-electron chi connectivity index (χ4n) is 1.57. The fraction of sp³-hybridized carbons (Fsp3) is 0. The summed E-state index contributed by atoms with van der Waals surface area (Å²) in [5, 5.41) is 8.86. The maximum Gasteiger partial charge on any atom is 0.341 e. The molecule has 2 aromatic rings. The highest BCUT2D eigenvalue weighted by Crippen LogP contribution is 2.12. The highest BCUT2D eigenvalue weighted by atomic mass is 19.1. The number of rotatable bonds is 2. The number of hydrogen-bond donors (Lipinski definition) is 2. The maximum absolute atomic E-state index is 12.8. The third-order valence-electron chi connectivity index (χ3n) is 2.43. The molecule has 0 amide bonds. The van der Waals surface area contributed by atoms with E-state index in [4.69, 9.17) is 10.8 Å². The van der Waals surface area contributed by atoms with Crippen molar-refractivity contribution in [3.8, 4) is 5.69 Å². The molecule has 0 atom stereocenters. The van der Waals surface area contributed by atoms with Gasteiger partial charge in [-0.1, -0.05) is 0 Å². The Labute approximate surface area is 101 Å². The largest absolute Gasteiger partial charge is 0.477 e. The molecule has 0 aliphatic carbocycles. The van der Waals surface area contributed by atoms with Gasteiger partial charge >= 0.3 is 5.97 Å². The second-order valence-corrected chi connectivity index (χ2v) is 3.59. The molecular formula is C12H9FN2O3. The average molecular weight is 248 g/mol. The van der Waals surface area contributed by atoms with Crippen molar-refractivity contribution in [2.24, 2.45) is 0 Å². The number of aromatic nitrogens is 1. The molecule has 6 heteroatoms. The minimum atomic E-state index is -1.34. The lowest BCUT2D eigenvalue weighted by Crippen LogP contribution is -2.26. The lowest BCUT2D eigenvalue weighted by atomic mass is 10.2. The maximum atomic E-state index is 12.8.